The van der Waals surface area contributed by atoms with Gasteiger partial charge < -0.3 is 10.1 Å². The van der Waals surface area contributed by atoms with E-state index in [1.165, 1.54) is 27.8 Å². The van der Waals surface area contributed by atoms with Crippen LogP contribution in [0, 0.1) is 6.92 Å². The molecule has 1 aromatic heterocycles. The van der Waals surface area contributed by atoms with E-state index in [2.05, 4.69) is 5.32 Å². The number of thiophene rings is 1. The minimum atomic E-state index is -3.62. The lowest BCUT2D eigenvalue weighted by Gasteiger charge is -2.20. The number of carbonyl (C=O) groups excluding carboxylic acids is 1. The summed E-state index contributed by atoms with van der Waals surface area (Å²) in [6.07, 6.45) is 0. The van der Waals surface area contributed by atoms with Crippen LogP contribution in [0.4, 0.5) is 5.69 Å². The van der Waals surface area contributed by atoms with Gasteiger partial charge in [0.15, 0.2) is 0 Å². The summed E-state index contributed by atoms with van der Waals surface area (Å²) in [5, 5.41) is 2.78. The number of nitrogens with zero attached hydrogens (tertiary/aromatic N) is 1. The van der Waals surface area contributed by atoms with Crippen LogP contribution in [0.15, 0.2) is 35.2 Å². The molecule has 1 amide bonds. The van der Waals surface area contributed by atoms with E-state index >= 15 is 0 Å². The van der Waals surface area contributed by atoms with Crippen LogP contribution < -0.4 is 10.1 Å². The van der Waals surface area contributed by atoms with Gasteiger partial charge in [-0.1, -0.05) is 13.8 Å². The van der Waals surface area contributed by atoms with E-state index in [1.54, 1.807) is 26.0 Å². The van der Waals surface area contributed by atoms with Gasteiger partial charge in [0.05, 0.1) is 22.1 Å². The topological polar surface area (TPSA) is 75.7 Å². The van der Waals surface area contributed by atoms with Gasteiger partial charge in [0, 0.05) is 18.0 Å². The number of sulfonamides is 1. The van der Waals surface area contributed by atoms with E-state index in [-0.39, 0.29) is 10.8 Å². The predicted octanol–water partition coefficient (Wildman–Crippen LogP) is 3.74. The average Bonchev–Trinajstić information content (AvgIpc) is 3.04. The highest BCUT2D eigenvalue weighted by Crippen LogP contribution is 2.30. The van der Waals surface area contributed by atoms with E-state index in [4.69, 9.17) is 4.74 Å². The molecule has 0 radical (unpaired) electrons. The Morgan fingerprint density at radius 2 is 1.85 bits per heavy atom. The molecule has 0 saturated heterocycles. The van der Waals surface area contributed by atoms with Crippen LogP contribution in [-0.2, 0) is 10.0 Å². The molecule has 2 aromatic rings. The van der Waals surface area contributed by atoms with E-state index in [9.17, 15) is 13.2 Å². The van der Waals surface area contributed by atoms with E-state index < -0.39 is 10.0 Å². The van der Waals surface area contributed by atoms with Crippen LogP contribution in [0.1, 0.15) is 35.3 Å². The minimum Gasteiger partial charge on any atom is -0.492 e. The molecule has 2 rings (SSSR count). The summed E-state index contributed by atoms with van der Waals surface area (Å²) in [6.45, 7) is 8.49. The first-order valence-electron chi connectivity index (χ1n) is 8.48. The molecule has 0 unspecified atom stereocenters. The van der Waals surface area contributed by atoms with Crippen molar-refractivity contribution in [2.45, 2.75) is 32.6 Å². The lowest BCUT2D eigenvalue weighted by atomic mass is 10.3. The van der Waals surface area contributed by atoms with Gasteiger partial charge in [-0.2, -0.15) is 4.31 Å². The van der Waals surface area contributed by atoms with Gasteiger partial charge in [0.1, 0.15) is 5.75 Å². The molecule has 0 spiro atoms. The van der Waals surface area contributed by atoms with E-state index in [1.807, 2.05) is 19.9 Å². The number of hydrogen-bond donors (Lipinski definition) is 1. The van der Waals surface area contributed by atoms with Crippen molar-refractivity contribution in [1.82, 2.24) is 4.31 Å². The second kappa shape index (κ2) is 8.66. The molecule has 8 heteroatoms. The highest BCUT2D eigenvalue weighted by Gasteiger charge is 2.23. The van der Waals surface area contributed by atoms with Gasteiger partial charge >= 0.3 is 0 Å². The van der Waals surface area contributed by atoms with Crippen LogP contribution in [0.25, 0.3) is 0 Å². The molecular weight excluding hydrogens is 372 g/mol. The molecular formula is C18H24N2O4S2. The molecule has 142 valence electrons. The summed E-state index contributed by atoms with van der Waals surface area (Å²) in [7, 11) is -3.62. The van der Waals surface area contributed by atoms with Gasteiger partial charge in [0.2, 0.25) is 10.0 Å². The second-order valence-corrected chi connectivity index (χ2v) is 8.77. The van der Waals surface area contributed by atoms with Crippen molar-refractivity contribution in [3.63, 3.8) is 0 Å². The predicted molar refractivity (Wildman–Crippen MR) is 105 cm³/mol. The molecule has 0 saturated carbocycles. The summed E-state index contributed by atoms with van der Waals surface area (Å²) < 4.78 is 32.4. The van der Waals surface area contributed by atoms with Crippen LogP contribution in [0.2, 0.25) is 0 Å². The molecule has 6 nitrogen and oxygen atoms in total. The normalized spacial score (nSPS) is 11.6. The lowest BCUT2D eigenvalue weighted by molar-refractivity contribution is 0.103. The van der Waals surface area contributed by atoms with Gasteiger partial charge in [-0.15, -0.1) is 11.3 Å². The number of anilines is 1. The van der Waals surface area contributed by atoms with E-state index in [0.717, 1.165) is 4.88 Å². The average molecular weight is 397 g/mol. The standard InChI is InChI=1S/C18H24N2O4S2/c1-5-20(6-2)26(22,23)14-9-10-16(24-7-3)15(12-14)19-18(21)17-11-8-13(4)25-17/h8-12H,5-7H2,1-4H3,(H,19,21). The maximum Gasteiger partial charge on any atom is 0.265 e. The van der Waals surface area contributed by atoms with Gasteiger partial charge in [-0.05, 0) is 44.2 Å². The number of amides is 1. The quantitative estimate of drug-likeness (QED) is 0.737. The number of carbonyl (C=O) groups is 1. The third-order valence-corrected chi connectivity index (χ3v) is 6.85. The molecule has 0 aliphatic carbocycles. The number of ether oxygens (including phenoxy) is 1. The summed E-state index contributed by atoms with van der Waals surface area (Å²) in [5.74, 6) is 0.147. The number of aryl methyl sites for hydroxylation is 1. The zero-order valence-electron chi connectivity index (χ0n) is 15.4. The summed E-state index contributed by atoms with van der Waals surface area (Å²) in [6, 6.07) is 8.15. The SMILES string of the molecule is CCOc1ccc(S(=O)(=O)N(CC)CC)cc1NC(=O)c1ccc(C)s1. The summed E-state index contributed by atoms with van der Waals surface area (Å²) in [5.41, 5.74) is 0.344. The molecule has 1 heterocycles. The summed E-state index contributed by atoms with van der Waals surface area (Å²) >= 11 is 1.38. The Morgan fingerprint density at radius 3 is 2.38 bits per heavy atom. The molecule has 0 aliphatic heterocycles. The lowest BCUT2D eigenvalue weighted by Crippen LogP contribution is -2.30. The fraction of sp³-hybridized carbons (Fsp3) is 0.389. The van der Waals surface area contributed by atoms with Crippen molar-refractivity contribution in [2.24, 2.45) is 0 Å². The Hall–Kier alpha value is -1.90. The smallest absolute Gasteiger partial charge is 0.265 e. The Labute approximate surface area is 158 Å². The molecule has 1 N–H and O–H groups in total. The zero-order chi connectivity index (χ0) is 19.3. The Morgan fingerprint density at radius 1 is 1.15 bits per heavy atom. The molecule has 0 aliphatic rings. The fourth-order valence-corrected chi connectivity index (χ4v) is 4.75. The number of hydrogen-bond acceptors (Lipinski definition) is 5. The van der Waals surface area contributed by atoms with Crippen molar-refractivity contribution < 1.29 is 17.9 Å². The first-order chi connectivity index (χ1) is 12.3. The third-order valence-electron chi connectivity index (χ3n) is 3.81. The zero-order valence-corrected chi connectivity index (χ0v) is 17.0. The van der Waals surface area contributed by atoms with Crippen molar-refractivity contribution >= 4 is 33.0 Å². The minimum absolute atomic E-state index is 0.127. The number of benzene rings is 1. The van der Waals surface area contributed by atoms with E-state index in [0.29, 0.717) is 36.0 Å². The summed E-state index contributed by atoms with van der Waals surface area (Å²) in [4.78, 5) is 14.2. The van der Waals surface area contributed by atoms with Crippen molar-refractivity contribution in [3.8, 4) is 5.75 Å². The second-order valence-electron chi connectivity index (χ2n) is 5.54. The number of nitrogens with one attached hydrogen (secondary N) is 1. The molecule has 0 atom stereocenters. The molecule has 26 heavy (non-hydrogen) atoms. The Kier molecular flexibility index (Phi) is 6.80. The van der Waals surface area contributed by atoms with Gasteiger partial charge in [-0.25, -0.2) is 8.42 Å². The monoisotopic (exact) mass is 396 g/mol. The molecule has 1 aromatic carbocycles. The maximum absolute atomic E-state index is 12.7. The Bertz CT molecular complexity index is 871. The van der Waals surface area contributed by atoms with Crippen LogP contribution in [-0.4, -0.2) is 38.3 Å². The van der Waals surface area contributed by atoms with Crippen molar-refractivity contribution in [1.29, 1.82) is 0 Å². The van der Waals surface area contributed by atoms with Crippen molar-refractivity contribution in [3.05, 3.63) is 40.1 Å². The Balaban J connectivity index is 2.41. The van der Waals surface area contributed by atoms with Crippen molar-refractivity contribution in [2.75, 3.05) is 25.0 Å². The first-order valence-corrected chi connectivity index (χ1v) is 10.7. The first kappa shape index (κ1) is 20.4. The fourth-order valence-electron chi connectivity index (χ4n) is 2.50. The highest BCUT2D eigenvalue weighted by atomic mass is 32.2. The maximum atomic E-state index is 12.7. The highest BCUT2D eigenvalue weighted by molar-refractivity contribution is 7.89. The van der Waals surface area contributed by atoms with Gasteiger partial charge in [0.25, 0.3) is 5.91 Å². The molecule has 0 fully saturated rings. The largest absolute Gasteiger partial charge is 0.492 e. The van der Waals surface area contributed by atoms with Crippen LogP contribution in [0.5, 0.6) is 5.75 Å². The molecule has 0 bridgehead atoms. The van der Waals surface area contributed by atoms with Crippen LogP contribution >= 0.6 is 11.3 Å². The third kappa shape index (κ3) is 4.44. The van der Waals surface area contributed by atoms with Gasteiger partial charge in [-0.3, -0.25) is 4.79 Å². The van der Waals surface area contributed by atoms with Crippen LogP contribution in [0.3, 0.4) is 0 Å². The number of rotatable bonds is 8.